The molecule has 3 heteroatoms. The average molecular weight is 239 g/mol. The molecule has 0 aromatic rings. The molecule has 0 aromatic heterocycles. The second-order valence-electron chi connectivity index (χ2n) is 5.94. The minimum Gasteiger partial charge on any atom is -0.462 e. The van der Waals surface area contributed by atoms with Crippen LogP contribution in [0.1, 0.15) is 64.7 Å². The predicted octanol–water partition coefficient (Wildman–Crippen LogP) is 2.77. The Morgan fingerprint density at radius 2 is 1.76 bits per heavy atom. The Labute approximate surface area is 104 Å². The second kappa shape index (κ2) is 5.38. The van der Waals surface area contributed by atoms with Crippen LogP contribution < -0.4 is 5.73 Å². The molecular weight excluding hydrogens is 214 g/mol. The highest BCUT2D eigenvalue weighted by Gasteiger charge is 2.43. The number of esters is 1. The molecule has 0 radical (unpaired) electrons. The third-order valence-electron chi connectivity index (χ3n) is 4.57. The Kier molecular flexibility index (Phi) is 4.08. The van der Waals surface area contributed by atoms with E-state index >= 15 is 0 Å². The zero-order valence-corrected chi connectivity index (χ0v) is 10.9. The zero-order chi connectivity index (χ0) is 12.3. The van der Waals surface area contributed by atoms with Crippen molar-refractivity contribution in [3.8, 4) is 0 Å². The molecule has 2 saturated carbocycles. The quantitative estimate of drug-likeness (QED) is 0.754. The van der Waals surface area contributed by atoms with E-state index in [1.807, 2.05) is 6.92 Å². The summed E-state index contributed by atoms with van der Waals surface area (Å²) in [4.78, 5) is 12.3. The van der Waals surface area contributed by atoms with Crippen LogP contribution >= 0.6 is 0 Å². The maximum atomic E-state index is 12.3. The van der Waals surface area contributed by atoms with Gasteiger partial charge in [0.15, 0.2) is 0 Å². The van der Waals surface area contributed by atoms with Gasteiger partial charge in [-0.15, -0.1) is 0 Å². The lowest BCUT2D eigenvalue weighted by Crippen LogP contribution is -2.49. The first kappa shape index (κ1) is 12.9. The van der Waals surface area contributed by atoms with Gasteiger partial charge in [-0.3, -0.25) is 4.79 Å². The lowest BCUT2D eigenvalue weighted by molar-refractivity contribution is -0.165. The minimum atomic E-state index is -0.435. The lowest BCUT2D eigenvalue weighted by Gasteiger charge is -2.38. The van der Waals surface area contributed by atoms with Crippen molar-refractivity contribution < 1.29 is 9.53 Å². The van der Waals surface area contributed by atoms with Gasteiger partial charge in [0.2, 0.25) is 0 Å². The summed E-state index contributed by atoms with van der Waals surface area (Å²) in [7, 11) is 0. The maximum absolute atomic E-state index is 12.3. The molecule has 0 bridgehead atoms. The number of carbonyl (C=O) groups excluding carboxylic acids is 1. The van der Waals surface area contributed by atoms with Gasteiger partial charge in [0, 0.05) is 6.04 Å². The summed E-state index contributed by atoms with van der Waals surface area (Å²) in [6, 6.07) is -0.0210. The van der Waals surface area contributed by atoms with E-state index in [0.29, 0.717) is 0 Å². The second-order valence-corrected chi connectivity index (χ2v) is 5.94. The highest BCUT2D eigenvalue weighted by atomic mass is 16.5. The van der Waals surface area contributed by atoms with E-state index < -0.39 is 5.41 Å². The molecule has 2 unspecified atom stereocenters. The summed E-state index contributed by atoms with van der Waals surface area (Å²) in [6.07, 6.45) is 10.00. The summed E-state index contributed by atoms with van der Waals surface area (Å²) in [5.74, 6) is -0.0448. The maximum Gasteiger partial charge on any atom is 0.313 e. The van der Waals surface area contributed by atoms with Gasteiger partial charge in [-0.05, 0) is 45.4 Å². The van der Waals surface area contributed by atoms with E-state index in [9.17, 15) is 4.79 Å². The molecular formula is C14H25NO2. The van der Waals surface area contributed by atoms with Crippen molar-refractivity contribution in [1.82, 2.24) is 0 Å². The molecule has 0 aliphatic heterocycles. The van der Waals surface area contributed by atoms with Crippen LogP contribution in [0.3, 0.4) is 0 Å². The molecule has 98 valence electrons. The van der Waals surface area contributed by atoms with Crippen LogP contribution in [-0.4, -0.2) is 18.1 Å². The summed E-state index contributed by atoms with van der Waals surface area (Å²) < 4.78 is 5.69. The topological polar surface area (TPSA) is 52.3 Å². The first-order valence-corrected chi connectivity index (χ1v) is 7.09. The molecule has 0 heterocycles. The van der Waals surface area contributed by atoms with Gasteiger partial charge in [-0.2, -0.15) is 0 Å². The monoisotopic (exact) mass is 239 g/mol. The summed E-state index contributed by atoms with van der Waals surface area (Å²) in [5.41, 5.74) is 5.68. The number of hydrogen-bond acceptors (Lipinski definition) is 3. The van der Waals surface area contributed by atoms with Gasteiger partial charge >= 0.3 is 5.97 Å². The Morgan fingerprint density at radius 1 is 1.12 bits per heavy atom. The summed E-state index contributed by atoms with van der Waals surface area (Å²) >= 11 is 0. The Hall–Kier alpha value is -0.570. The molecule has 2 aliphatic rings. The van der Waals surface area contributed by atoms with Crippen LogP contribution in [0.5, 0.6) is 0 Å². The van der Waals surface area contributed by atoms with Crippen molar-refractivity contribution in [2.75, 3.05) is 0 Å². The van der Waals surface area contributed by atoms with Crippen molar-refractivity contribution in [2.24, 2.45) is 11.1 Å². The molecule has 0 spiro atoms. The number of nitrogens with two attached hydrogens (primary N) is 1. The van der Waals surface area contributed by atoms with Crippen LogP contribution in [-0.2, 0) is 9.53 Å². The molecule has 2 fully saturated rings. The average Bonchev–Trinajstić information content (AvgIpc) is 2.34. The van der Waals surface area contributed by atoms with Crippen LogP contribution in [0.2, 0.25) is 0 Å². The number of carbonyl (C=O) groups is 1. The molecule has 3 nitrogen and oxygen atoms in total. The highest BCUT2D eigenvalue weighted by Crippen LogP contribution is 2.37. The van der Waals surface area contributed by atoms with Gasteiger partial charge in [0.05, 0.1) is 5.41 Å². The highest BCUT2D eigenvalue weighted by molar-refractivity contribution is 5.77. The van der Waals surface area contributed by atoms with Crippen molar-refractivity contribution in [3.63, 3.8) is 0 Å². The number of hydrogen-bond donors (Lipinski definition) is 1. The zero-order valence-electron chi connectivity index (χ0n) is 10.9. The molecule has 17 heavy (non-hydrogen) atoms. The number of ether oxygens (including phenoxy) is 1. The lowest BCUT2D eigenvalue weighted by atomic mass is 9.72. The molecule has 2 atom stereocenters. The SMILES string of the molecule is CC1(C(=O)OC2CCCCC2)CCCCC1N. The fraction of sp³-hybridized carbons (Fsp3) is 0.929. The molecule has 2 rings (SSSR count). The Balaban J connectivity index is 1.93. The van der Waals surface area contributed by atoms with Gasteiger partial charge in [0.25, 0.3) is 0 Å². The predicted molar refractivity (Wildman–Crippen MR) is 67.5 cm³/mol. The molecule has 2 N–H and O–H groups in total. The first-order chi connectivity index (χ1) is 8.13. The van der Waals surface area contributed by atoms with Crippen LogP contribution in [0.4, 0.5) is 0 Å². The largest absolute Gasteiger partial charge is 0.462 e. The summed E-state index contributed by atoms with van der Waals surface area (Å²) in [6.45, 7) is 1.99. The van der Waals surface area contributed by atoms with E-state index in [-0.39, 0.29) is 18.1 Å². The van der Waals surface area contributed by atoms with Crippen molar-refractivity contribution in [2.45, 2.75) is 76.9 Å². The Morgan fingerprint density at radius 3 is 2.41 bits per heavy atom. The number of rotatable bonds is 2. The fourth-order valence-electron chi connectivity index (χ4n) is 3.08. The van der Waals surface area contributed by atoms with Gasteiger partial charge in [0.1, 0.15) is 6.10 Å². The van der Waals surface area contributed by atoms with E-state index in [2.05, 4.69) is 0 Å². The van der Waals surface area contributed by atoms with Crippen molar-refractivity contribution in [1.29, 1.82) is 0 Å². The minimum absolute atomic E-state index is 0.0210. The van der Waals surface area contributed by atoms with Gasteiger partial charge in [-0.25, -0.2) is 0 Å². The van der Waals surface area contributed by atoms with Crippen LogP contribution in [0, 0.1) is 5.41 Å². The van der Waals surface area contributed by atoms with Crippen LogP contribution in [0.25, 0.3) is 0 Å². The first-order valence-electron chi connectivity index (χ1n) is 7.09. The van der Waals surface area contributed by atoms with E-state index in [1.54, 1.807) is 0 Å². The molecule has 0 aromatic carbocycles. The molecule has 2 aliphatic carbocycles. The normalized spacial score (nSPS) is 35.5. The smallest absolute Gasteiger partial charge is 0.313 e. The van der Waals surface area contributed by atoms with Crippen LogP contribution in [0.15, 0.2) is 0 Å². The van der Waals surface area contributed by atoms with Gasteiger partial charge < -0.3 is 10.5 Å². The van der Waals surface area contributed by atoms with E-state index in [4.69, 9.17) is 10.5 Å². The van der Waals surface area contributed by atoms with Gasteiger partial charge in [-0.1, -0.05) is 19.3 Å². The molecule has 0 saturated heterocycles. The van der Waals surface area contributed by atoms with Crippen molar-refractivity contribution in [3.05, 3.63) is 0 Å². The van der Waals surface area contributed by atoms with Crippen molar-refractivity contribution >= 4 is 5.97 Å². The standard InChI is InChI=1S/C14H25NO2/c1-14(10-6-5-9-12(14)15)13(16)17-11-7-3-2-4-8-11/h11-12H,2-10,15H2,1H3. The van der Waals surface area contributed by atoms with E-state index in [1.165, 1.54) is 19.3 Å². The third kappa shape index (κ3) is 2.82. The van der Waals surface area contributed by atoms with E-state index in [0.717, 1.165) is 38.5 Å². The molecule has 0 amide bonds. The fourth-order valence-corrected chi connectivity index (χ4v) is 3.08. The Bertz CT molecular complexity index is 273. The summed E-state index contributed by atoms with van der Waals surface area (Å²) in [5, 5.41) is 0. The third-order valence-corrected chi connectivity index (χ3v) is 4.57.